The highest BCUT2D eigenvalue weighted by atomic mass is 35.5. The fourth-order valence-electron chi connectivity index (χ4n) is 2.38. The number of hydrogen-bond donors (Lipinski definition) is 2. The second-order valence-electron chi connectivity index (χ2n) is 5.28. The summed E-state index contributed by atoms with van der Waals surface area (Å²) in [5, 5.41) is 3.34. The highest BCUT2D eigenvalue weighted by Gasteiger charge is 2.19. The SMILES string of the molecule is Cc1cc(S(=O)(=O)NCC(=O)NC2CCCC2)ccc1Cl. The predicted molar refractivity (Wildman–Crippen MR) is 81.8 cm³/mol. The van der Waals surface area contributed by atoms with Gasteiger partial charge in [0.05, 0.1) is 11.4 Å². The van der Waals surface area contributed by atoms with Gasteiger partial charge in [0.1, 0.15) is 0 Å². The van der Waals surface area contributed by atoms with Gasteiger partial charge in [0.25, 0.3) is 0 Å². The maximum Gasteiger partial charge on any atom is 0.241 e. The number of nitrogens with one attached hydrogen (secondary N) is 2. The van der Waals surface area contributed by atoms with E-state index in [1.165, 1.54) is 18.2 Å². The Kier molecular flexibility index (Phi) is 5.24. The number of hydrogen-bond acceptors (Lipinski definition) is 3. The summed E-state index contributed by atoms with van der Waals surface area (Å²) in [6.07, 6.45) is 4.16. The number of amides is 1. The third-order valence-corrected chi connectivity index (χ3v) is 5.41. The van der Waals surface area contributed by atoms with Crippen LogP contribution in [0.3, 0.4) is 0 Å². The average molecular weight is 331 g/mol. The van der Waals surface area contributed by atoms with Crippen molar-refractivity contribution in [3.63, 3.8) is 0 Å². The minimum absolute atomic E-state index is 0.109. The molecule has 1 aliphatic rings. The molecule has 1 saturated carbocycles. The van der Waals surface area contributed by atoms with Gasteiger partial charge in [-0.1, -0.05) is 24.4 Å². The van der Waals surface area contributed by atoms with E-state index < -0.39 is 10.0 Å². The fourth-order valence-corrected chi connectivity index (χ4v) is 3.56. The number of benzene rings is 1. The molecule has 0 radical (unpaired) electrons. The Morgan fingerprint density at radius 2 is 2.00 bits per heavy atom. The van der Waals surface area contributed by atoms with E-state index in [1.807, 2.05) is 0 Å². The second-order valence-corrected chi connectivity index (χ2v) is 7.46. The first-order valence-corrected chi connectivity index (χ1v) is 8.80. The van der Waals surface area contributed by atoms with Gasteiger partial charge in [0, 0.05) is 11.1 Å². The number of carbonyl (C=O) groups is 1. The molecule has 2 N–H and O–H groups in total. The minimum atomic E-state index is -3.70. The highest BCUT2D eigenvalue weighted by molar-refractivity contribution is 7.89. The third kappa shape index (κ3) is 4.43. The molecule has 0 spiro atoms. The van der Waals surface area contributed by atoms with Gasteiger partial charge in [-0.25, -0.2) is 13.1 Å². The Morgan fingerprint density at radius 3 is 2.62 bits per heavy atom. The first-order valence-electron chi connectivity index (χ1n) is 6.94. The van der Waals surface area contributed by atoms with Crippen molar-refractivity contribution >= 4 is 27.5 Å². The zero-order valence-corrected chi connectivity index (χ0v) is 13.4. The number of sulfonamides is 1. The topological polar surface area (TPSA) is 75.3 Å². The monoisotopic (exact) mass is 330 g/mol. The van der Waals surface area contributed by atoms with E-state index in [0.29, 0.717) is 10.6 Å². The molecule has 0 heterocycles. The molecule has 1 aromatic rings. The van der Waals surface area contributed by atoms with E-state index in [4.69, 9.17) is 11.6 Å². The van der Waals surface area contributed by atoms with Gasteiger partial charge < -0.3 is 5.32 Å². The second kappa shape index (κ2) is 6.77. The van der Waals surface area contributed by atoms with Gasteiger partial charge in [-0.2, -0.15) is 0 Å². The zero-order chi connectivity index (χ0) is 15.5. The van der Waals surface area contributed by atoms with E-state index in [2.05, 4.69) is 10.0 Å². The number of carbonyl (C=O) groups excluding carboxylic acids is 1. The van der Waals surface area contributed by atoms with Crippen LogP contribution < -0.4 is 10.0 Å². The summed E-state index contributed by atoms with van der Waals surface area (Å²) >= 11 is 5.87. The Labute approximate surface area is 130 Å². The molecule has 0 aliphatic heterocycles. The van der Waals surface area contributed by atoms with Crippen molar-refractivity contribution < 1.29 is 13.2 Å². The highest BCUT2D eigenvalue weighted by Crippen LogP contribution is 2.19. The van der Waals surface area contributed by atoms with Crippen molar-refractivity contribution in [1.29, 1.82) is 0 Å². The molecule has 1 aliphatic carbocycles. The quantitative estimate of drug-likeness (QED) is 0.867. The van der Waals surface area contributed by atoms with Gasteiger partial charge in [-0.3, -0.25) is 4.79 Å². The molecule has 5 nitrogen and oxygen atoms in total. The third-order valence-electron chi connectivity index (χ3n) is 3.58. The van der Waals surface area contributed by atoms with E-state index in [-0.39, 0.29) is 23.4 Å². The van der Waals surface area contributed by atoms with Gasteiger partial charge in [-0.05, 0) is 43.5 Å². The van der Waals surface area contributed by atoms with Crippen LogP contribution in [0, 0.1) is 6.92 Å². The normalized spacial score (nSPS) is 16.1. The van der Waals surface area contributed by atoms with Crippen molar-refractivity contribution in [2.24, 2.45) is 0 Å². The van der Waals surface area contributed by atoms with Crippen LogP contribution in [0.15, 0.2) is 23.1 Å². The fraction of sp³-hybridized carbons (Fsp3) is 0.500. The molecular formula is C14H19ClN2O3S. The lowest BCUT2D eigenvalue weighted by Crippen LogP contribution is -2.40. The molecule has 0 aromatic heterocycles. The predicted octanol–water partition coefficient (Wildman–Crippen LogP) is 1.99. The molecule has 1 aromatic carbocycles. The van der Waals surface area contributed by atoms with Crippen LogP contribution in [0.1, 0.15) is 31.2 Å². The molecule has 1 amide bonds. The summed E-state index contributed by atoms with van der Waals surface area (Å²) in [5.41, 5.74) is 0.676. The first kappa shape index (κ1) is 16.3. The maximum atomic E-state index is 12.1. The standard InChI is InChI=1S/C14H19ClN2O3S/c1-10-8-12(6-7-13(10)15)21(19,20)16-9-14(18)17-11-4-2-3-5-11/h6-8,11,16H,2-5,9H2,1H3,(H,17,18). The molecule has 0 unspecified atom stereocenters. The number of rotatable bonds is 5. The van der Waals surface area contributed by atoms with Crippen molar-refractivity contribution in [2.45, 2.75) is 43.5 Å². The maximum absolute atomic E-state index is 12.1. The lowest BCUT2D eigenvalue weighted by molar-refractivity contribution is -0.120. The summed E-state index contributed by atoms with van der Waals surface area (Å²) in [6.45, 7) is 1.48. The van der Waals surface area contributed by atoms with Crippen LogP contribution in [0.4, 0.5) is 0 Å². The van der Waals surface area contributed by atoms with E-state index >= 15 is 0 Å². The molecule has 0 bridgehead atoms. The van der Waals surface area contributed by atoms with E-state index in [1.54, 1.807) is 6.92 Å². The summed E-state index contributed by atoms with van der Waals surface area (Å²) in [6, 6.07) is 4.62. The molecule has 0 saturated heterocycles. The zero-order valence-electron chi connectivity index (χ0n) is 11.9. The minimum Gasteiger partial charge on any atom is -0.352 e. The van der Waals surface area contributed by atoms with Crippen LogP contribution in [0.25, 0.3) is 0 Å². The first-order chi connectivity index (χ1) is 9.88. The van der Waals surface area contributed by atoms with Crippen LogP contribution in [0.5, 0.6) is 0 Å². The van der Waals surface area contributed by atoms with Crippen molar-refractivity contribution in [3.05, 3.63) is 28.8 Å². The van der Waals surface area contributed by atoms with Gasteiger partial charge >= 0.3 is 0 Å². The average Bonchev–Trinajstić information content (AvgIpc) is 2.92. The molecule has 7 heteroatoms. The Bertz CT molecular complexity index is 625. The summed E-state index contributed by atoms with van der Waals surface area (Å²) in [5.74, 6) is -0.295. The van der Waals surface area contributed by atoms with Crippen LogP contribution in [-0.4, -0.2) is 26.9 Å². The molecule has 2 rings (SSSR count). The molecule has 116 valence electrons. The molecular weight excluding hydrogens is 312 g/mol. The largest absolute Gasteiger partial charge is 0.352 e. The Hall–Kier alpha value is -1.11. The number of aryl methyl sites for hydroxylation is 1. The lowest BCUT2D eigenvalue weighted by atomic mass is 10.2. The van der Waals surface area contributed by atoms with Gasteiger partial charge in [0.2, 0.25) is 15.9 Å². The summed E-state index contributed by atoms with van der Waals surface area (Å²) < 4.78 is 26.5. The van der Waals surface area contributed by atoms with Crippen LogP contribution in [0.2, 0.25) is 5.02 Å². The molecule has 1 fully saturated rings. The lowest BCUT2D eigenvalue weighted by Gasteiger charge is -2.12. The van der Waals surface area contributed by atoms with Crippen LogP contribution in [-0.2, 0) is 14.8 Å². The molecule has 0 atom stereocenters. The van der Waals surface area contributed by atoms with E-state index in [9.17, 15) is 13.2 Å². The summed E-state index contributed by atoms with van der Waals surface area (Å²) in [7, 11) is -3.70. The summed E-state index contributed by atoms with van der Waals surface area (Å²) in [4.78, 5) is 11.8. The van der Waals surface area contributed by atoms with Crippen LogP contribution >= 0.6 is 11.6 Å². The van der Waals surface area contributed by atoms with Gasteiger partial charge in [0.15, 0.2) is 0 Å². The smallest absolute Gasteiger partial charge is 0.241 e. The van der Waals surface area contributed by atoms with Gasteiger partial charge in [-0.15, -0.1) is 0 Å². The van der Waals surface area contributed by atoms with Crippen molar-refractivity contribution in [3.8, 4) is 0 Å². The van der Waals surface area contributed by atoms with Crippen molar-refractivity contribution in [2.75, 3.05) is 6.54 Å². The number of halogens is 1. The molecule has 21 heavy (non-hydrogen) atoms. The van der Waals surface area contributed by atoms with Crippen molar-refractivity contribution in [1.82, 2.24) is 10.0 Å². The Balaban J connectivity index is 1.94. The van der Waals surface area contributed by atoms with E-state index in [0.717, 1.165) is 25.7 Å². The Morgan fingerprint density at radius 1 is 1.33 bits per heavy atom.